The first-order valence-corrected chi connectivity index (χ1v) is 9.85. The van der Waals surface area contributed by atoms with E-state index in [9.17, 15) is 20.1 Å². The number of aliphatic carboxylic acids is 1. The lowest BCUT2D eigenvalue weighted by molar-refractivity contribution is -0.136. The zero-order valence-electron chi connectivity index (χ0n) is 16.2. The van der Waals surface area contributed by atoms with Gasteiger partial charge < -0.3 is 20.4 Å². The molecule has 0 radical (unpaired) electrons. The molecule has 27 heavy (non-hydrogen) atoms. The molecule has 1 aliphatic carbocycles. The van der Waals surface area contributed by atoms with Crippen LogP contribution >= 0.6 is 0 Å². The average molecular weight is 379 g/mol. The highest BCUT2D eigenvalue weighted by Gasteiger charge is 2.39. The lowest BCUT2D eigenvalue weighted by atomic mass is 9.89. The van der Waals surface area contributed by atoms with E-state index < -0.39 is 24.3 Å². The molecule has 0 aliphatic heterocycles. The fourth-order valence-electron chi connectivity index (χ4n) is 3.29. The number of allylic oxidation sites excluding steroid dienone is 5. The van der Waals surface area contributed by atoms with Crippen LogP contribution in [-0.2, 0) is 4.79 Å². The van der Waals surface area contributed by atoms with Gasteiger partial charge in [-0.15, -0.1) is 0 Å². The van der Waals surface area contributed by atoms with E-state index >= 15 is 0 Å². The van der Waals surface area contributed by atoms with Crippen molar-refractivity contribution in [2.45, 2.75) is 70.2 Å². The van der Waals surface area contributed by atoms with Gasteiger partial charge in [-0.1, -0.05) is 55.5 Å². The highest BCUT2D eigenvalue weighted by molar-refractivity contribution is 5.66. The van der Waals surface area contributed by atoms with Crippen molar-refractivity contribution >= 4 is 5.97 Å². The lowest BCUT2D eigenvalue weighted by Gasteiger charge is -2.19. The molecule has 5 nitrogen and oxygen atoms in total. The Labute approximate surface area is 162 Å². The van der Waals surface area contributed by atoms with Gasteiger partial charge in [0, 0.05) is 18.8 Å². The molecule has 0 unspecified atom stereocenters. The standard InChI is InChI=1S/C22H34O5/c1-2-3-4-5-6-8-11-17(23)14-15-19-18(20(24)16-21(19)25)12-9-7-10-13-22(26)27/h3-4,6-9,14-15,17-21,23-25H,2,5,10-13,16H2,1H3,(H,26,27)/b4-3-,8-6-,9-7-,15-14+/t17-,18+,19+,20+,21-/m0/s1. The number of aliphatic hydroxyl groups excluding tert-OH is 3. The van der Waals surface area contributed by atoms with E-state index in [1.54, 1.807) is 12.2 Å². The Morgan fingerprint density at radius 2 is 1.81 bits per heavy atom. The molecule has 0 aromatic heterocycles. The smallest absolute Gasteiger partial charge is 0.303 e. The molecular weight excluding hydrogens is 344 g/mol. The molecule has 5 atom stereocenters. The highest BCUT2D eigenvalue weighted by Crippen LogP contribution is 2.36. The summed E-state index contributed by atoms with van der Waals surface area (Å²) in [6.45, 7) is 2.09. The van der Waals surface area contributed by atoms with E-state index in [-0.39, 0.29) is 18.3 Å². The van der Waals surface area contributed by atoms with Gasteiger partial charge in [0.2, 0.25) is 0 Å². The van der Waals surface area contributed by atoms with Crippen molar-refractivity contribution in [2.75, 3.05) is 0 Å². The summed E-state index contributed by atoms with van der Waals surface area (Å²) in [6.07, 6.45) is 17.3. The molecule has 5 heteroatoms. The normalized spacial score (nSPS) is 27.6. The molecular formula is C22H34O5. The maximum absolute atomic E-state index is 10.5. The SMILES string of the molecule is CC/C=C\C/C=C\C[C@H](O)/C=C/[C@@H]1[C@@H](C/C=C\CCC(=O)O)[C@H](O)C[C@@H]1O. The monoisotopic (exact) mass is 378 g/mol. The fraction of sp³-hybridized carbons (Fsp3) is 0.591. The number of carbonyl (C=O) groups is 1. The predicted octanol–water partition coefficient (Wildman–Crippen LogP) is 3.38. The van der Waals surface area contributed by atoms with Crippen molar-refractivity contribution in [1.29, 1.82) is 0 Å². The summed E-state index contributed by atoms with van der Waals surface area (Å²) >= 11 is 0. The largest absolute Gasteiger partial charge is 0.481 e. The van der Waals surface area contributed by atoms with Gasteiger partial charge in [0.05, 0.1) is 18.3 Å². The number of carboxylic acid groups (broad SMARTS) is 1. The Kier molecular flexibility index (Phi) is 11.7. The van der Waals surface area contributed by atoms with E-state index in [2.05, 4.69) is 19.1 Å². The molecule has 0 aromatic rings. The van der Waals surface area contributed by atoms with Crippen molar-refractivity contribution < 1.29 is 25.2 Å². The summed E-state index contributed by atoms with van der Waals surface area (Å²) in [6, 6.07) is 0. The number of hydrogen-bond donors (Lipinski definition) is 4. The second kappa shape index (κ2) is 13.5. The quantitative estimate of drug-likeness (QED) is 0.390. The van der Waals surface area contributed by atoms with Crippen LogP contribution in [0.25, 0.3) is 0 Å². The molecule has 0 saturated heterocycles. The zero-order chi connectivity index (χ0) is 20.1. The topological polar surface area (TPSA) is 98.0 Å². The Bertz CT molecular complexity index is 535. The molecule has 0 aromatic carbocycles. The van der Waals surface area contributed by atoms with Crippen molar-refractivity contribution in [1.82, 2.24) is 0 Å². The van der Waals surface area contributed by atoms with Crippen molar-refractivity contribution in [2.24, 2.45) is 11.8 Å². The molecule has 1 saturated carbocycles. The first-order chi connectivity index (χ1) is 13.0. The van der Waals surface area contributed by atoms with E-state index in [4.69, 9.17) is 5.11 Å². The van der Waals surface area contributed by atoms with Gasteiger partial charge in [-0.25, -0.2) is 0 Å². The first kappa shape index (κ1) is 23.3. The molecule has 0 bridgehead atoms. The summed E-state index contributed by atoms with van der Waals surface area (Å²) < 4.78 is 0. The van der Waals surface area contributed by atoms with Crippen LogP contribution in [-0.4, -0.2) is 44.7 Å². The Hall–Kier alpha value is -1.69. The molecule has 1 rings (SSSR count). The number of rotatable bonds is 12. The maximum Gasteiger partial charge on any atom is 0.303 e. The van der Waals surface area contributed by atoms with Crippen LogP contribution in [0.15, 0.2) is 48.6 Å². The van der Waals surface area contributed by atoms with Crippen LogP contribution in [0, 0.1) is 11.8 Å². The summed E-state index contributed by atoms with van der Waals surface area (Å²) in [5.41, 5.74) is 0. The fourth-order valence-corrected chi connectivity index (χ4v) is 3.29. The minimum absolute atomic E-state index is 0.0869. The third-order valence-corrected chi connectivity index (χ3v) is 4.79. The predicted molar refractivity (Wildman–Crippen MR) is 107 cm³/mol. The first-order valence-electron chi connectivity index (χ1n) is 9.85. The van der Waals surface area contributed by atoms with Crippen LogP contribution in [0.4, 0.5) is 0 Å². The van der Waals surface area contributed by atoms with Crippen LogP contribution in [0.3, 0.4) is 0 Å². The van der Waals surface area contributed by atoms with Gasteiger partial charge in [-0.05, 0) is 38.0 Å². The Morgan fingerprint density at radius 3 is 2.52 bits per heavy atom. The van der Waals surface area contributed by atoms with Gasteiger partial charge in [0.25, 0.3) is 0 Å². The summed E-state index contributed by atoms with van der Waals surface area (Å²) in [4.78, 5) is 10.5. The molecule has 0 amide bonds. The molecule has 4 N–H and O–H groups in total. The highest BCUT2D eigenvalue weighted by atomic mass is 16.4. The third-order valence-electron chi connectivity index (χ3n) is 4.79. The third kappa shape index (κ3) is 9.70. The average Bonchev–Trinajstić information content (AvgIpc) is 2.88. The Balaban J connectivity index is 2.49. The number of aliphatic hydroxyl groups is 3. The molecule has 0 heterocycles. The van der Waals surface area contributed by atoms with Crippen LogP contribution < -0.4 is 0 Å². The van der Waals surface area contributed by atoms with E-state index in [1.807, 2.05) is 24.3 Å². The van der Waals surface area contributed by atoms with Gasteiger partial charge in [-0.3, -0.25) is 4.79 Å². The second-order valence-corrected chi connectivity index (χ2v) is 7.03. The van der Waals surface area contributed by atoms with Crippen LogP contribution in [0.5, 0.6) is 0 Å². The van der Waals surface area contributed by atoms with Crippen LogP contribution in [0.1, 0.15) is 51.9 Å². The minimum Gasteiger partial charge on any atom is -0.481 e. The molecule has 1 fully saturated rings. The van der Waals surface area contributed by atoms with Crippen LogP contribution in [0.2, 0.25) is 0 Å². The summed E-state index contributed by atoms with van der Waals surface area (Å²) in [5, 5.41) is 39.1. The lowest BCUT2D eigenvalue weighted by Crippen LogP contribution is -2.20. The Morgan fingerprint density at radius 1 is 1.07 bits per heavy atom. The maximum atomic E-state index is 10.5. The number of carboxylic acids is 1. The van der Waals surface area contributed by atoms with E-state index in [0.717, 1.165) is 12.8 Å². The second-order valence-electron chi connectivity index (χ2n) is 7.03. The molecule has 1 aliphatic rings. The van der Waals surface area contributed by atoms with E-state index in [1.165, 1.54) is 0 Å². The van der Waals surface area contributed by atoms with Crippen molar-refractivity contribution in [3.63, 3.8) is 0 Å². The minimum atomic E-state index is -0.832. The van der Waals surface area contributed by atoms with Gasteiger partial charge in [-0.2, -0.15) is 0 Å². The zero-order valence-corrected chi connectivity index (χ0v) is 16.2. The van der Waals surface area contributed by atoms with Crippen molar-refractivity contribution in [3.05, 3.63) is 48.6 Å². The summed E-state index contributed by atoms with van der Waals surface area (Å²) in [5.74, 6) is -1.17. The van der Waals surface area contributed by atoms with Gasteiger partial charge in [0.1, 0.15) is 0 Å². The van der Waals surface area contributed by atoms with Gasteiger partial charge >= 0.3 is 5.97 Å². The van der Waals surface area contributed by atoms with Crippen molar-refractivity contribution in [3.8, 4) is 0 Å². The van der Waals surface area contributed by atoms with E-state index in [0.29, 0.717) is 25.7 Å². The molecule has 0 spiro atoms. The van der Waals surface area contributed by atoms with Gasteiger partial charge in [0.15, 0.2) is 0 Å². The number of hydrogen-bond acceptors (Lipinski definition) is 4. The molecule has 152 valence electrons. The summed E-state index contributed by atoms with van der Waals surface area (Å²) in [7, 11) is 0.